The van der Waals surface area contributed by atoms with Gasteiger partial charge in [0.25, 0.3) is 6.43 Å². The zero-order valence-corrected chi connectivity index (χ0v) is 11.4. The Balaban J connectivity index is 2.15. The van der Waals surface area contributed by atoms with Crippen molar-refractivity contribution >= 4 is 11.9 Å². The number of hydrogen-bond donors (Lipinski definition) is 1. The van der Waals surface area contributed by atoms with E-state index in [1.165, 1.54) is 0 Å². The lowest BCUT2D eigenvalue weighted by Gasteiger charge is -2.32. The molecule has 0 aliphatic carbocycles. The Morgan fingerprint density at radius 3 is 2.22 bits per heavy atom. The van der Waals surface area contributed by atoms with Crippen LogP contribution in [-0.4, -0.2) is 56.1 Å². The monoisotopic (exact) mass is 342 g/mol. The van der Waals surface area contributed by atoms with Crippen LogP contribution in [0.4, 0.5) is 22.0 Å². The van der Waals surface area contributed by atoms with Gasteiger partial charge in [-0.2, -0.15) is 13.2 Å². The fourth-order valence-electron chi connectivity index (χ4n) is 2.42. The van der Waals surface area contributed by atoms with Crippen molar-refractivity contribution < 1.29 is 36.6 Å². The number of halogens is 5. The molecular formula is C11H11F5N4O3. The van der Waals surface area contributed by atoms with Crippen LogP contribution >= 0.6 is 0 Å². The number of alkyl halides is 5. The summed E-state index contributed by atoms with van der Waals surface area (Å²) in [7, 11) is 0. The van der Waals surface area contributed by atoms with Crippen LogP contribution in [0, 0.1) is 0 Å². The summed E-state index contributed by atoms with van der Waals surface area (Å²) in [6.07, 6.45) is -8.27. The van der Waals surface area contributed by atoms with Crippen molar-refractivity contribution in [2.45, 2.75) is 31.5 Å². The molecule has 1 N–H and O–H groups in total. The molecule has 1 aromatic heterocycles. The Bertz CT molecular complexity index is 607. The number of carbonyl (C=O) groups excluding carboxylic acids is 1. The van der Waals surface area contributed by atoms with Gasteiger partial charge in [-0.15, -0.1) is 5.10 Å². The Morgan fingerprint density at radius 1 is 1.22 bits per heavy atom. The second-order valence-corrected chi connectivity index (χ2v) is 4.89. The summed E-state index contributed by atoms with van der Waals surface area (Å²) >= 11 is 0. The average molecular weight is 342 g/mol. The number of carbonyl (C=O) groups is 2. The van der Waals surface area contributed by atoms with Gasteiger partial charge >= 0.3 is 18.1 Å². The molecule has 1 aliphatic rings. The molecule has 0 aromatic carbocycles. The van der Waals surface area contributed by atoms with Gasteiger partial charge in [-0.3, -0.25) is 4.79 Å². The Labute approximate surface area is 125 Å². The van der Waals surface area contributed by atoms with Crippen molar-refractivity contribution in [2.24, 2.45) is 0 Å². The zero-order valence-electron chi connectivity index (χ0n) is 11.4. The van der Waals surface area contributed by atoms with Crippen LogP contribution in [0.25, 0.3) is 0 Å². The highest BCUT2D eigenvalue weighted by molar-refractivity contribution is 5.86. The Hall–Kier alpha value is -2.27. The van der Waals surface area contributed by atoms with Crippen LogP contribution in [0.15, 0.2) is 0 Å². The predicted octanol–water partition coefficient (Wildman–Crippen LogP) is 1.64. The second kappa shape index (κ2) is 6.08. The summed E-state index contributed by atoms with van der Waals surface area (Å²) in [4.78, 5) is 22.5. The van der Waals surface area contributed by atoms with Gasteiger partial charge in [-0.05, 0) is 12.8 Å². The van der Waals surface area contributed by atoms with E-state index >= 15 is 0 Å². The average Bonchev–Trinajstić information content (AvgIpc) is 2.91. The van der Waals surface area contributed by atoms with E-state index < -0.39 is 41.9 Å². The summed E-state index contributed by atoms with van der Waals surface area (Å²) < 4.78 is 63.8. The topological polar surface area (TPSA) is 88.3 Å². The first-order valence-corrected chi connectivity index (χ1v) is 6.45. The van der Waals surface area contributed by atoms with Crippen molar-refractivity contribution in [3.63, 3.8) is 0 Å². The Kier molecular flexibility index (Phi) is 4.52. The standard InChI is InChI=1S/C11H11F5N4O3/c12-8(13)7-6(9(21)22)17-18-20(7)5-1-3-19(4-2-5)10(23)11(14,15)16/h5,8H,1-4H2,(H,21,22). The molecule has 7 nitrogen and oxygen atoms in total. The number of rotatable bonds is 3. The molecule has 2 rings (SSSR count). The third-order valence-electron chi connectivity index (χ3n) is 3.48. The lowest BCUT2D eigenvalue weighted by molar-refractivity contribution is -0.186. The molecule has 0 saturated carbocycles. The molecule has 0 radical (unpaired) electrons. The molecule has 1 aromatic rings. The SMILES string of the molecule is O=C(O)c1nnn(C2CCN(C(=O)C(F)(F)F)CC2)c1C(F)F. The molecule has 2 heterocycles. The minimum Gasteiger partial charge on any atom is -0.476 e. The van der Waals surface area contributed by atoms with Gasteiger partial charge in [-0.1, -0.05) is 5.21 Å². The van der Waals surface area contributed by atoms with Crippen LogP contribution in [0.3, 0.4) is 0 Å². The maximum Gasteiger partial charge on any atom is 0.471 e. The summed E-state index contributed by atoms with van der Waals surface area (Å²) in [5.74, 6) is -3.66. The maximum absolute atomic E-state index is 13.0. The molecule has 0 spiro atoms. The molecule has 0 bridgehead atoms. The van der Waals surface area contributed by atoms with Gasteiger partial charge in [0.05, 0.1) is 6.04 Å². The van der Waals surface area contributed by atoms with Crippen LogP contribution in [0.5, 0.6) is 0 Å². The van der Waals surface area contributed by atoms with Gasteiger partial charge in [-0.25, -0.2) is 18.3 Å². The van der Waals surface area contributed by atoms with Crippen LogP contribution in [0.2, 0.25) is 0 Å². The molecule has 23 heavy (non-hydrogen) atoms. The number of likely N-dealkylation sites (tertiary alicyclic amines) is 1. The van der Waals surface area contributed by atoms with E-state index in [4.69, 9.17) is 5.11 Å². The van der Waals surface area contributed by atoms with Gasteiger partial charge in [0, 0.05) is 13.1 Å². The largest absolute Gasteiger partial charge is 0.476 e. The van der Waals surface area contributed by atoms with Crippen LogP contribution < -0.4 is 0 Å². The third-order valence-corrected chi connectivity index (χ3v) is 3.48. The summed E-state index contributed by atoms with van der Waals surface area (Å²) in [5, 5.41) is 15.4. The molecule has 0 atom stereocenters. The molecule has 0 unspecified atom stereocenters. The molecule has 12 heteroatoms. The van der Waals surface area contributed by atoms with Crippen molar-refractivity contribution in [1.82, 2.24) is 19.9 Å². The van der Waals surface area contributed by atoms with Crippen LogP contribution in [-0.2, 0) is 4.79 Å². The lowest BCUT2D eigenvalue weighted by atomic mass is 10.0. The first-order chi connectivity index (χ1) is 10.6. The number of aromatic carboxylic acids is 1. The van der Waals surface area contributed by atoms with Crippen LogP contribution in [0.1, 0.15) is 41.5 Å². The van der Waals surface area contributed by atoms with Crippen molar-refractivity contribution in [3.05, 3.63) is 11.4 Å². The van der Waals surface area contributed by atoms with Gasteiger partial charge in [0.15, 0.2) is 5.69 Å². The van der Waals surface area contributed by atoms with Gasteiger partial charge < -0.3 is 10.0 Å². The Morgan fingerprint density at radius 2 is 1.78 bits per heavy atom. The molecule has 128 valence electrons. The fourth-order valence-corrected chi connectivity index (χ4v) is 2.42. The number of amides is 1. The molecule has 1 fully saturated rings. The smallest absolute Gasteiger partial charge is 0.471 e. The third kappa shape index (κ3) is 3.40. The first-order valence-electron chi connectivity index (χ1n) is 6.45. The quantitative estimate of drug-likeness (QED) is 0.844. The van der Waals surface area contributed by atoms with Crippen molar-refractivity contribution in [3.8, 4) is 0 Å². The number of piperidine rings is 1. The number of aromatic nitrogens is 3. The van der Waals surface area contributed by atoms with E-state index in [0.29, 0.717) is 4.90 Å². The van der Waals surface area contributed by atoms with E-state index in [1.54, 1.807) is 0 Å². The minimum absolute atomic E-state index is 0.0655. The molecule has 1 saturated heterocycles. The second-order valence-electron chi connectivity index (χ2n) is 4.89. The number of carboxylic acids is 1. The highest BCUT2D eigenvalue weighted by Crippen LogP contribution is 2.30. The maximum atomic E-state index is 13.0. The molecule has 1 amide bonds. The number of hydrogen-bond acceptors (Lipinski definition) is 4. The first kappa shape index (κ1) is 17.1. The minimum atomic E-state index is -5.00. The highest BCUT2D eigenvalue weighted by Gasteiger charge is 2.43. The predicted molar refractivity (Wildman–Crippen MR) is 62.8 cm³/mol. The number of nitrogens with zero attached hydrogens (tertiary/aromatic N) is 4. The number of carboxylic acid groups (broad SMARTS) is 1. The van der Waals surface area contributed by atoms with E-state index in [0.717, 1.165) is 4.68 Å². The van der Waals surface area contributed by atoms with E-state index in [1.807, 2.05) is 0 Å². The van der Waals surface area contributed by atoms with E-state index in [2.05, 4.69) is 10.3 Å². The van der Waals surface area contributed by atoms with Crippen molar-refractivity contribution in [1.29, 1.82) is 0 Å². The highest BCUT2D eigenvalue weighted by atomic mass is 19.4. The summed E-state index contributed by atoms with van der Waals surface area (Å²) in [6.45, 7) is -0.595. The molecule has 1 aliphatic heterocycles. The lowest BCUT2D eigenvalue weighted by Crippen LogP contribution is -2.45. The summed E-state index contributed by atoms with van der Waals surface area (Å²) in [5.41, 5.74) is -1.79. The normalized spacial score (nSPS) is 16.9. The fraction of sp³-hybridized carbons (Fsp3) is 0.636. The molecular weight excluding hydrogens is 331 g/mol. The van der Waals surface area contributed by atoms with E-state index in [-0.39, 0.29) is 25.9 Å². The van der Waals surface area contributed by atoms with Gasteiger partial charge in [0.2, 0.25) is 0 Å². The zero-order chi connectivity index (χ0) is 17.4. The van der Waals surface area contributed by atoms with Gasteiger partial charge in [0.1, 0.15) is 5.69 Å². The van der Waals surface area contributed by atoms with Crippen molar-refractivity contribution in [2.75, 3.05) is 13.1 Å². The van der Waals surface area contributed by atoms with E-state index in [9.17, 15) is 31.5 Å². The summed E-state index contributed by atoms with van der Waals surface area (Å²) in [6, 6.07) is -0.753.